The molecule has 0 radical (unpaired) electrons. The van der Waals surface area contributed by atoms with Crippen molar-refractivity contribution >= 4 is 23.2 Å². The average molecular weight is 295 g/mol. The van der Waals surface area contributed by atoms with Crippen molar-refractivity contribution in [3.63, 3.8) is 0 Å². The van der Waals surface area contributed by atoms with E-state index in [9.17, 15) is 9.59 Å². The number of nitrogens with zero attached hydrogens (tertiary/aromatic N) is 4. The summed E-state index contributed by atoms with van der Waals surface area (Å²) in [4.78, 5) is 26.4. The first-order chi connectivity index (χ1) is 9.56. The molecule has 2 aromatic heterocycles. The number of aryl methyl sites for hydroxylation is 1. The Bertz CT molecular complexity index is 595. The number of carboxylic acids is 1. The molecule has 0 aliphatic rings. The van der Waals surface area contributed by atoms with Gasteiger partial charge in [-0.1, -0.05) is 5.21 Å². The van der Waals surface area contributed by atoms with Gasteiger partial charge in [-0.25, -0.2) is 9.78 Å². The zero-order valence-electron chi connectivity index (χ0n) is 10.7. The molecular weight excluding hydrogens is 282 g/mol. The van der Waals surface area contributed by atoms with Crippen molar-refractivity contribution in [2.45, 2.75) is 25.9 Å². The highest BCUT2D eigenvalue weighted by atomic mass is 32.1. The van der Waals surface area contributed by atoms with Crippen molar-refractivity contribution in [2.75, 3.05) is 0 Å². The lowest BCUT2D eigenvalue weighted by molar-refractivity contribution is -0.122. The van der Waals surface area contributed by atoms with Crippen LogP contribution in [0.4, 0.5) is 0 Å². The van der Waals surface area contributed by atoms with E-state index in [0.717, 1.165) is 0 Å². The summed E-state index contributed by atoms with van der Waals surface area (Å²) in [5.41, 5.74) is -0.00582. The zero-order chi connectivity index (χ0) is 14.5. The molecule has 8 nitrogen and oxygen atoms in total. The number of aromatic nitrogens is 4. The molecule has 20 heavy (non-hydrogen) atoms. The number of carbonyl (C=O) groups excluding carboxylic acids is 1. The van der Waals surface area contributed by atoms with Crippen molar-refractivity contribution in [1.82, 2.24) is 25.3 Å². The molecule has 9 heteroatoms. The van der Waals surface area contributed by atoms with Crippen molar-refractivity contribution in [3.8, 4) is 0 Å². The summed E-state index contributed by atoms with van der Waals surface area (Å²) in [5, 5.41) is 21.0. The van der Waals surface area contributed by atoms with Gasteiger partial charge in [0.15, 0.2) is 5.69 Å². The number of rotatable bonds is 6. The maximum absolute atomic E-state index is 11.8. The molecule has 106 valence electrons. The van der Waals surface area contributed by atoms with E-state index in [0.29, 0.717) is 11.6 Å². The smallest absolute Gasteiger partial charge is 0.355 e. The molecular formula is C11H13N5O3S. The number of carboxylic acid groups (broad SMARTS) is 1. The Labute approximate surface area is 118 Å². The van der Waals surface area contributed by atoms with Gasteiger partial charge in [0.1, 0.15) is 5.01 Å². The minimum atomic E-state index is -1.07. The highest BCUT2D eigenvalue weighted by Crippen LogP contribution is 2.18. The summed E-state index contributed by atoms with van der Waals surface area (Å²) in [7, 11) is 0. The topological polar surface area (TPSA) is 110 Å². The molecule has 0 aliphatic carbocycles. The molecule has 0 saturated heterocycles. The molecule has 2 rings (SSSR count). The van der Waals surface area contributed by atoms with Crippen LogP contribution >= 0.6 is 11.3 Å². The van der Waals surface area contributed by atoms with E-state index >= 15 is 0 Å². The molecule has 0 aromatic carbocycles. The minimum Gasteiger partial charge on any atom is -0.476 e. The standard InChI is InChI=1S/C11H13N5O3S/c1-7(10-14-8(6-20-10)11(18)19)13-9(17)2-4-16-5-3-12-15-16/h3,5-7H,2,4H2,1H3,(H,13,17)(H,18,19). The molecule has 0 saturated carbocycles. The van der Waals surface area contributed by atoms with Crippen LogP contribution in [0.3, 0.4) is 0 Å². The Morgan fingerprint density at radius 3 is 2.95 bits per heavy atom. The Kier molecular flexibility index (Phi) is 4.41. The van der Waals surface area contributed by atoms with Crippen LogP contribution in [0.15, 0.2) is 17.8 Å². The van der Waals surface area contributed by atoms with Crippen LogP contribution < -0.4 is 5.32 Å². The minimum absolute atomic E-state index is 0.00582. The van der Waals surface area contributed by atoms with E-state index in [1.54, 1.807) is 24.0 Å². The molecule has 2 aromatic rings. The maximum Gasteiger partial charge on any atom is 0.355 e. The third-order valence-electron chi connectivity index (χ3n) is 2.53. The predicted molar refractivity (Wildman–Crippen MR) is 70.3 cm³/mol. The number of aromatic carboxylic acids is 1. The normalized spacial score (nSPS) is 12.1. The third-order valence-corrected chi connectivity index (χ3v) is 3.56. The Balaban J connectivity index is 1.85. The monoisotopic (exact) mass is 295 g/mol. The molecule has 0 spiro atoms. The van der Waals surface area contributed by atoms with Crippen molar-refractivity contribution < 1.29 is 14.7 Å². The van der Waals surface area contributed by atoms with Crippen LogP contribution in [0, 0.1) is 0 Å². The lowest BCUT2D eigenvalue weighted by Gasteiger charge is -2.10. The van der Waals surface area contributed by atoms with Gasteiger partial charge in [-0.2, -0.15) is 0 Å². The fourth-order valence-electron chi connectivity index (χ4n) is 1.53. The molecule has 1 atom stereocenters. The molecule has 0 aliphatic heterocycles. The van der Waals surface area contributed by atoms with Crippen molar-refractivity contribution in [2.24, 2.45) is 0 Å². The van der Waals surface area contributed by atoms with E-state index < -0.39 is 5.97 Å². The third kappa shape index (κ3) is 3.60. The predicted octanol–water partition coefficient (Wildman–Crippen LogP) is 0.700. The molecule has 1 unspecified atom stereocenters. The average Bonchev–Trinajstić information content (AvgIpc) is 3.07. The number of thiazole rings is 1. The van der Waals surface area contributed by atoms with Gasteiger partial charge in [0, 0.05) is 18.0 Å². The molecule has 2 N–H and O–H groups in total. The van der Waals surface area contributed by atoms with Gasteiger partial charge in [0.05, 0.1) is 18.8 Å². The second kappa shape index (κ2) is 6.24. The van der Waals surface area contributed by atoms with Crippen LogP contribution in [-0.4, -0.2) is 37.0 Å². The van der Waals surface area contributed by atoms with Gasteiger partial charge in [-0.05, 0) is 6.92 Å². The van der Waals surface area contributed by atoms with Crippen molar-refractivity contribution in [3.05, 3.63) is 28.5 Å². The summed E-state index contributed by atoms with van der Waals surface area (Å²) < 4.78 is 1.57. The first-order valence-corrected chi connectivity index (χ1v) is 6.76. The van der Waals surface area contributed by atoms with Gasteiger partial charge >= 0.3 is 5.97 Å². The molecule has 0 bridgehead atoms. The highest BCUT2D eigenvalue weighted by molar-refractivity contribution is 7.09. The highest BCUT2D eigenvalue weighted by Gasteiger charge is 2.15. The van der Waals surface area contributed by atoms with Crippen molar-refractivity contribution in [1.29, 1.82) is 0 Å². The molecule has 0 fully saturated rings. The van der Waals surface area contributed by atoms with Gasteiger partial charge in [0.2, 0.25) is 5.91 Å². The lowest BCUT2D eigenvalue weighted by Crippen LogP contribution is -2.27. The van der Waals surface area contributed by atoms with Crippen LogP contribution in [0.2, 0.25) is 0 Å². The maximum atomic E-state index is 11.8. The first kappa shape index (κ1) is 14.1. The lowest BCUT2D eigenvalue weighted by atomic mass is 10.3. The summed E-state index contributed by atoms with van der Waals surface area (Å²) in [6.07, 6.45) is 3.49. The summed E-state index contributed by atoms with van der Waals surface area (Å²) >= 11 is 1.21. The van der Waals surface area contributed by atoms with Crippen LogP contribution in [0.25, 0.3) is 0 Å². The van der Waals surface area contributed by atoms with Crippen LogP contribution in [0.1, 0.15) is 34.9 Å². The Morgan fingerprint density at radius 1 is 1.55 bits per heavy atom. The number of hydrogen-bond acceptors (Lipinski definition) is 6. The van der Waals surface area contributed by atoms with E-state index in [1.807, 2.05) is 0 Å². The summed E-state index contributed by atoms with van der Waals surface area (Å²) in [6, 6.07) is -0.323. The fraction of sp³-hybridized carbons (Fsp3) is 0.364. The largest absolute Gasteiger partial charge is 0.476 e. The second-order valence-corrected chi connectivity index (χ2v) is 4.97. The SMILES string of the molecule is CC(NC(=O)CCn1ccnn1)c1nc(C(=O)O)cs1. The Morgan fingerprint density at radius 2 is 2.35 bits per heavy atom. The van der Waals surface area contributed by atoms with Crippen LogP contribution in [-0.2, 0) is 11.3 Å². The number of hydrogen-bond donors (Lipinski definition) is 2. The summed E-state index contributed by atoms with van der Waals surface area (Å²) in [6.45, 7) is 2.20. The Hall–Kier alpha value is -2.29. The van der Waals surface area contributed by atoms with E-state index in [-0.39, 0.29) is 24.1 Å². The second-order valence-electron chi connectivity index (χ2n) is 4.08. The number of amides is 1. The fourth-order valence-corrected chi connectivity index (χ4v) is 2.33. The number of nitrogens with one attached hydrogen (secondary N) is 1. The van der Waals surface area contributed by atoms with Gasteiger partial charge in [-0.3, -0.25) is 9.48 Å². The van der Waals surface area contributed by atoms with E-state index in [1.165, 1.54) is 16.7 Å². The quantitative estimate of drug-likeness (QED) is 0.811. The molecule has 2 heterocycles. The van der Waals surface area contributed by atoms with E-state index in [4.69, 9.17) is 5.11 Å². The zero-order valence-corrected chi connectivity index (χ0v) is 11.5. The van der Waals surface area contributed by atoms with E-state index in [2.05, 4.69) is 20.6 Å². The van der Waals surface area contributed by atoms with Gasteiger partial charge in [-0.15, -0.1) is 16.4 Å². The van der Waals surface area contributed by atoms with Gasteiger partial charge in [0.25, 0.3) is 0 Å². The summed E-state index contributed by atoms with van der Waals surface area (Å²) in [5.74, 6) is -1.22. The molecule has 1 amide bonds. The first-order valence-electron chi connectivity index (χ1n) is 5.88. The van der Waals surface area contributed by atoms with Crippen LogP contribution in [0.5, 0.6) is 0 Å². The van der Waals surface area contributed by atoms with Gasteiger partial charge < -0.3 is 10.4 Å². The number of carbonyl (C=O) groups is 2.